The second kappa shape index (κ2) is 11.6. The van der Waals surface area contributed by atoms with Crippen molar-refractivity contribution in [1.82, 2.24) is 0 Å². The van der Waals surface area contributed by atoms with Gasteiger partial charge < -0.3 is 24.8 Å². The predicted molar refractivity (Wildman–Crippen MR) is 148 cm³/mol. The Morgan fingerprint density at radius 1 is 0.861 bits per heavy atom. The van der Waals surface area contributed by atoms with Crippen LogP contribution < -0.4 is 28.1 Å². The molecule has 5 rings (SSSR count). The molecular weight excluding hydrogens is 575 g/mol. The molecule has 0 aliphatic heterocycles. The first-order chi connectivity index (χ1) is 16.3. The van der Waals surface area contributed by atoms with Gasteiger partial charge in [0.15, 0.2) is 0 Å². The summed E-state index contributed by atoms with van der Waals surface area (Å²) in [4.78, 5) is 0. The standard InChI is InChI=1S/C13H9.C10H17Si.C9H10.2ClH.Zr/c1-3-7-12-10(5-1)9-11-6-2-4-8-13(11)12;1-8-6-9(2)10(7-8)11(3,4)5;1-2-6-9-7-4-3-5-8-9;;;/h1-5,7-8H,9H2;7-8H,1-5H3;3-5,7-8H,2H2,1H3;2*1H;/q;;;;;+2/p-2. The van der Waals surface area contributed by atoms with Crippen molar-refractivity contribution < 1.29 is 46.1 Å². The smallest absolute Gasteiger partial charge is 1.00 e. The van der Waals surface area contributed by atoms with E-state index in [-0.39, 0.29) is 24.8 Å². The molecule has 0 saturated carbocycles. The van der Waals surface area contributed by atoms with Gasteiger partial charge in [0, 0.05) is 0 Å². The van der Waals surface area contributed by atoms with Gasteiger partial charge in [-0.15, -0.1) is 0 Å². The van der Waals surface area contributed by atoms with E-state index >= 15 is 0 Å². The quantitative estimate of drug-likeness (QED) is 0.303. The zero-order valence-corrected chi connectivity index (χ0v) is 27.2. The summed E-state index contributed by atoms with van der Waals surface area (Å²) in [6, 6.07) is 27.6. The van der Waals surface area contributed by atoms with Crippen molar-refractivity contribution in [2.75, 3.05) is 0 Å². The van der Waals surface area contributed by atoms with Crippen molar-refractivity contribution in [3.63, 3.8) is 0 Å². The molecule has 2 aliphatic carbocycles. The van der Waals surface area contributed by atoms with Gasteiger partial charge in [-0.3, -0.25) is 0 Å². The summed E-state index contributed by atoms with van der Waals surface area (Å²) >= 11 is -2.43. The third kappa shape index (κ3) is 5.17. The van der Waals surface area contributed by atoms with Crippen molar-refractivity contribution in [1.29, 1.82) is 0 Å². The van der Waals surface area contributed by atoms with Crippen LogP contribution in [0.15, 0.2) is 92.9 Å². The molecular formula is C32H36Cl2SiZr. The van der Waals surface area contributed by atoms with Crippen LogP contribution in [-0.4, -0.2) is 11.3 Å². The first-order valence-electron chi connectivity index (χ1n) is 12.7. The van der Waals surface area contributed by atoms with E-state index in [0.717, 1.165) is 12.8 Å². The second-order valence-electron chi connectivity index (χ2n) is 10.9. The summed E-state index contributed by atoms with van der Waals surface area (Å²) in [5.41, 5.74) is 9.17. The molecule has 0 fully saturated rings. The molecule has 4 heteroatoms. The summed E-state index contributed by atoms with van der Waals surface area (Å²) in [6.45, 7) is 14.9. The molecule has 0 amide bonds. The Labute approximate surface area is 238 Å². The maximum atomic E-state index is 2.65. The van der Waals surface area contributed by atoms with Crippen LogP contribution in [0.5, 0.6) is 0 Å². The molecule has 2 aliphatic rings. The average Bonchev–Trinajstić information content (AvgIpc) is 3.35. The Morgan fingerprint density at radius 3 is 2.14 bits per heavy atom. The molecule has 186 valence electrons. The van der Waals surface area contributed by atoms with E-state index < -0.39 is 29.3 Å². The third-order valence-electron chi connectivity index (χ3n) is 7.66. The van der Waals surface area contributed by atoms with Gasteiger partial charge >= 0.3 is 216 Å². The van der Waals surface area contributed by atoms with E-state index in [1.807, 2.05) is 3.28 Å². The molecule has 1 atom stereocenters. The number of fused-ring (bicyclic) bond motifs is 3. The molecule has 0 heterocycles. The largest absolute Gasteiger partial charge is 1.00 e. The van der Waals surface area contributed by atoms with Gasteiger partial charge in [-0.05, 0) is 0 Å². The normalized spacial score (nSPS) is 16.4. The predicted octanol–water partition coefficient (Wildman–Crippen LogP) is 1.87. The van der Waals surface area contributed by atoms with Crippen molar-refractivity contribution >= 4 is 14.6 Å². The molecule has 0 spiro atoms. The fourth-order valence-electron chi connectivity index (χ4n) is 6.20. The van der Waals surface area contributed by atoms with Gasteiger partial charge in [0.2, 0.25) is 0 Å². The topological polar surface area (TPSA) is 0 Å². The zero-order chi connectivity index (χ0) is 24.0. The molecule has 3 aromatic rings. The fourth-order valence-corrected chi connectivity index (χ4v) is 17.3. The van der Waals surface area contributed by atoms with E-state index in [1.165, 1.54) is 22.3 Å². The van der Waals surface area contributed by atoms with E-state index in [0.29, 0.717) is 5.92 Å². The fraction of sp³-hybridized carbons (Fsp3) is 0.281. The van der Waals surface area contributed by atoms with E-state index in [2.05, 4.69) is 119 Å². The molecule has 1 unspecified atom stereocenters. The summed E-state index contributed by atoms with van der Waals surface area (Å²) in [7, 11) is -1.39. The number of halogens is 2. The minimum Gasteiger partial charge on any atom is -1.00 e. The van der Waals surface area contributed by atoms with Crippen LogP contribution in [0.2, 0.25) is 19.6 Å². The molecule has 0 nitrogen and oxygen atoms in total. The van der Waals surface area contributed by atoms with Gasteiger partial charge in [0.25, 0.3) is 0 Å². The SMILES string of the molecule is CC/[C](c1ccccc1)=[Zr+2](\[C]1=C(C)C([Si](C)(C)C)=CC1C)[c]1cccc2c1Cc1ccccc1-2.[Cl-].[Cl-]. The maximum absolute atomic E-state index is 2.65. The molecule has 0 saturated heterocycles. The number of hydrogen-bond donors (Lipinski definition) is 0. The zero-order valence-electron chi connectivity index (χ0n) is 22.3. The van der Waals surface area contributed by atoms with Crippen molar-refractivity contribution in [3.8, 4) is 11.1 Å². The monoisotopic (exact) mass is 608 g/mol. The summed E-state index contributed by atoms with van der Waals surface area (Å²) in [5, 5.41) is 1.70. The maximum Gasteiger partial charge on any atom is -1.00 e. The van der Waals surface area contributed by atoms with Crippen LogP contribution in [0.1, 0.15) is 43.9 Å². The van der Waals surface area contributed by atoms with Crippen molar-refractivity contribution in [2.24, 2.45) is 5.92 Å². The number of benzene rings is 3. The molecule has 3 aromatic carbocycles. The van der Waals surface area contributed by atoms with Gasteiger partial charge in [-0.1, -0.05) is 0 Å². The summed E-state index contributed by atoms with van der Waals surface area (Å²) < 4.78 is 5.28. The minimum absolute atomic E-state index is 0. The van der Waals surface area contributed by atoms with Crippen molar-refractivity contribution in [2.45, 2.75) is 53.3 Å². The Morgan fingerprint density at radius 2 is 1.50 bits per heavy atom. The van der Waals surface area contributed by atoms with Gasteiger partial charge in [0.05, 0.1) is 0 Å². The second-order valence-corrected chi connectivity index (χ2v) is 21.9. The van der Waals surface area contributed by atoms with Crippen LogP contribution in [0.4, 0.5) is 0 Å². The molecule has 0 aromatic heterocycles. The van der Waals surface area contributed by atoms with E-state index in [9.17, 15) is 0 Å². The van der Waals surface area contributed by atoms with Gasteiger partial charge in [-0.25, -0.2) is 0 Å². The number of allylic oxidation sites excluding steroid dienone is 4. The molecule has 0 N–H and O–H groups in total. The first-order valence-corrected chi connectivity index (χ1v) is 19.9. The Kier molecular flexibility index (Phi) is 9.43. The first kappa shape index (κ1) is 29.2. The minimum atomic E-state index is -2.43. The van der Waals surface area contributed by atoms with Crippen LogP contribution in [0, 0.1) is 5.92 Å². The molecule has 0 radical (unpaired) electrons. The Bertz CT molecular complexity index is 1360. The van der Waals surface area contributed by atoms with Crippen LogP contribution in [-0.2, 0) is 27.7 Å². The van der Waals surface area contributed by atoms with Crippen LogP contribution in [0.3, 0.4) is 0 Å². The number of hydrogen-bond acceptors (Lipinski definition) is 0. The van der Waals surface area contributed by atoms with Gasteiger partial charge in [-0.2, -0.15) is 0 Å². The molecule has 36 heavy (non-hydrogen) atoms. The van der Waals surface area contributed by atoms with E-state index in [4.69, 9.17) is 0 Å². The Hall–Kier alpha value is -1.31. The molecule has 0 bridgehead atoms. The average molecular weight is 611 g/mol. The number of rotatable bonds is 5. The Balaban J connectivity index is 0.00000180. The van der Waals surface area contributed by atoms with Crippen LogP contribution >= 0.6 is 0 Å². The summed E-state index contributed by atoms with van der Waals surface area (Å²) in [6.07, 6.45) is 4.88. The third-order valence-corrected chi connectivity index (χ3v) is 18.7. The summed E-state index contributed by atoms with van der Waals surface area (Å²) in [5.74, 6) is 0.557. The van der Waals surface area contributed by atoms with Crippen LogP contribution in [0.25, 0.3) is 11.1 Å². The van der Waals surface area contributed by atoms with E-state index in [1.54, 1.807) is 22.8 Å². The van der Waals surface area contributed by atoms with Gasteiger partial charge in [0.1, 0.15) is 0 Å². The van der Waals surface area contributed by atoms with Crippen molar-refractivity contribution in [3.05, 3.63) is 110 Å².